The molecule has 0 saturated heterocycles. The molecule has 0 aliphatic rings. The molecule has 9 nitrogen and oxygen atoms in total. The van der Waals surface area contributed by atoms with Crippen molar-refractivity contribution in [2.75, 3.05) is 13.2 Å². The molecule has 0 spiro atoms. The average molecular weight is 439 g/mol. The molecule has 0 aliphatic heterocycles. The van der Waals surface area contributed by atoms with Crippen molar-refractivity contribution < 1.29 is 22.6 Å². The van der Waals surface area contributed by atoms with Crippen molar-refractivity contribution >= 4 is 0 Å². The molecule has 166 valence electrons. The number of nitrogens with zero attached hydrogens (tertiary/aromatic N) is 4. The Kier molecular flexibility index (Phi) is 7.60. The van der Waals surface area contributed by atoms with Gasteiger partial charge in [0.05, 0.1) is 24.7 Å². The molecule has 2 heterocycles. The van der Waals surface area contributed by atoms with Crippen LogP contribution in [0, 0.1) is 5.82 Å². The molecular weight excluding hydrogens is 419 g/mol. The quantitative estimate of drug-likeness (QED) is 0.453. The summed E-state index contributed by atoms with van der Waals surface area (Å²) in [5.74, 6) is -0.701. The van der Waals surface area contributed by atoms with Crippen molar-refractivity contribution in [1.29, 1.82) is 0 Å². The van der Waals surface area contributed by atoms with E-state index in [0.29, 0.717) is 25.1 Å². The van der Waals surface area contributed by atoms with E-state index in [1.807, 2.05) is 11.1 Å². The highest BCUT2D eigenvalue weighted by molar-refractivity contribution is 5.28. The second-order valence-electron chi connectivity index (χ2n) is 6.54. The van der Waals surface area contributed by atoms with Gasteiger partial charge in [-0.05, 0) is 24.1 Å². The molecule has 0 fully saturated rings. The van der Waals surface area contributed by atoms with Crippen LogP contribution in [-0.2, 0) is 30.9 Å². The minimum Gasteiger partial charge on any atom is -0.488 e. The van der Waals surface area contributed by atoms with Crippen molar-refractivity contribution in [3.63, 3.8) is 0 Å². The SMILES string of the molecule is O=c1[nH]c(=O)n(COCCc2cnnn2CCc2cccc(OCC(F)F)c2)cc1F. The lowest BCUT2D eigenvalue weighted by Gasteiger charge is -2.10. The van der Waals surface area contributed by atoms with Crippen molar-refractivity contribution in [3.05, 3.63) is 74.6 Å². The fraction of sp³-hybridized carbons (Fsp3) is 0.368. The molecule has 0 amide bonds. The van der Waals surface area contributed by atoms with E-state index in [1.165, 1.54) is 0 Å². The number of ether oxygens (including phenoxy) is 2. The van der Waals surface area contributed by atoms with E-state index in [4.69, 9.17) is 9.47 Å². The van der Waals surface area contributed by atoms with E-state index in [9.17, 15) is 22.8 Å². The van der Waals surface area contributed by atoms with Crippen molar-refractivity contribution in [2.24, 2.45) is 0 Å². The Morgan fingerprint density at radius 3 is 2.84 bits per heavy atom. The molecule has 2 aromatic heterocycles. The molecule has 0 unspecified atom stereocenters. The molecule has 0 aliphatic carbocycles. The summed E-state index contributed by atoms with van der Waals surface area (Å²) in [4.78, 5) is 24.4. The fourth-order valence-corrected chi connectivity index (χ4v) is 2.76. The second-order valence-corrected chi connectivity index (χ2v) is 6.54. The minimum atomic E-state index is -2.54. The van der Waals surface area contributed by atoms with Gasteiger partial charge in [0.2, 0.25) is 5.82 Å². The number of hydrogen-bond acceptors (Lipinski definition) is 6. The van der Waals surface area contributed by atoms with Crippen LogP contribution in [0.3, 0.4) is 0 Å². The number of hydrogen-bond donors (Lipinski definition) is 1. The Morgan fingerprint density at radius 2 is 2.03 bits per heavy atom. The number of H-pyrrole nitrogens is 1. The van der Waals surface area contributed by atoms with E-state index in [2.05, 4.69) is 10.3 Å². The first kappa shape index (κ1) is 22.3. The smallest absolute Gasteiger partial charge is 0.330 e. The van der Waals surface area contributed by atoms with Gasteiger partial charge in [-0.1, -0.05) is 17.3 Å². The summed E-state index contributed by atoms with van der Waals surface area (Å²) < 4.78 is 50.8. The first-order valence-corrected chi connectivity index (χ1v) is 9.36. The van der Waals surface area contributed by atoms with Crippen LogP contribution >= 0.6 is 0 Å². The lowest BCUT2D eigenvalue weighted by atomic mass is 10.1. The molecule has 0 atom stereocenters. The zero-order valence-electron chi connectivity index (χ0n) is 16.3. The monoisotopic (exact) mass is 439 g/mol. The van der Waals surface area contributed by atoms with Gasteiger partial charge < -0.3 is 9.47 Å². The van der Waals surface area contributed by atoms with Crippen molar-refractivity contribution in [1.82, 2.24) is 24.5 Å². The maximum Gasteiger partial charge on any atom is 0.330 e. The summed E-state index contributed by atoms with van der Waals surface area (Å²) in [6, 6.07) is 6.90. The maximum atomic E-state index is 13.3. The number of aromatic nitrogens is 5. The number of nitrogens with one attached hydrogen (secondary N) is 1. The number of aryl methyl sites for hydroxylation is 2. The Morgan fingerprint density at radius 1 is 1.19 bits per heavy atom. The van der Waals surface area contributed by atoms with Gasteiger partial charge in [0.15, 0.2) is 0 Å². The number of benzene rings is 1. The van der Waals surface area contributed by atoms with Crippen LogP contribution in [0.2, 0.25) is 0 Å². The molecule has 31 heavy (non-hydrogen) atoms. The van der Waals surface area contributed by atoms with Gasteiger partial charge >= 0.3 is 5.69 Å². The second kappa shape index (κ2) is 10.6. The minimum absolute atomic E-state index is 0.206. The summed E-state index contributed by atoms with van der Waals surface area (Å²) in [7, 11) is 0. The third-order valence-electron chi connectivity index (χ3n) is 4.28. The molecule has 0 saturated carbocycles. The van der Waals surface area contributed by atoms with Crippen molar-refractivity contribution in [3.8, 4) is 5.75 Å². The molecule has 0 bridgehead atoms. The maximum absolute atomic E-state index is 13.3. The lowest BCUT2D eigenvalue weighted by Crippen LogP contribution is -2.32. The summed E-state index contributed by atoms with van der Waals surface area (Å²) >= 11 is 0. The van der Waals surface area contributed by atoms with Crippen molar-refractivity contribution in [2.45, 2.75) is 32.5 Å². The molecule has 12 heteroatoms. The average Bonchev–Trinajstić information content (AvgIpc) is 3.19. The molecule has 1 aromatic carbocycles. The molecule has 3 rings (SSSR count). The zero-order valence-corrected chi connectivity index (χ0v) is 16.3. The first-order valence-electron chi connectivity index (χ1n) is 9.36. The topological polar surface area (TPSA) is 104 Å². The third-order valence-corrected chi connectivity index (χ3v) is 4.28. The Labute approximate surface area is 174 Å². The third kappa shape index (κ3) is 6.54. The van der Waals surface area contributed by atoms with Gasteiger partial charge in [-0.15, -0.1) is 5.10 Å². The summed E-state index contributed by atoms with van der Waals surface area (Å²) in [6.45, 7) is -0.177. The summed E-state index contributed by atoms with van der Waals surface area (Å²) in [6.07, 6.45) is 0.842. The highest BCUT2D eigenvalue weighted by atomic mass is 19.3. The zero-order chi connectivity index (χ0) is 22.2. The number of halogens is 3. The number of rotatable bonds is 11. The molecule has 1 N–H and O–H groups in total. The van der Waals surface area contributed by atoms with Crippen LogP contribution in [-0.4, -0.2) is 44.2 Å². The number of alkyl halides is 2. The standard InChI is InChI=1S/C19H20F3N5O4/c20-16-10-26(19(29)24-18(16)28)12-30-7-5-14-9-23-25-27(14)6-4-13-2-1-3-15(8-13)31-11-17(21)22/h1-3,8-10,17H,4-7,11-12H2,(H,24,28,29). The normalized spacial score (nSPS) is 11.2. The molecule has 0 radical (unpaired) electrons. The van der Waals surface area contributed by atoms with E-state index in [1.54, 1.807) is 29.1 Å². The van der Waals surface area contributed by atoms with Crippen LogP contribution in [0.4, 0.5) is 13.2 Å². The van der Waals surface area contributed by atoms with Gasteiger partial charge in [-0.25, -0.2) is 18.3 Å². The van der Waals surface area contributed by atoms with E-state index in [0.717, 1.165) is 22.0 Å². The summed E-state index contributed by atoms with van der Waals surface area (Å²) in [5.41, 5.74) is -0.172. The van der Waals surface area contributed by atoms with Crippen LogP contribution in [0.1, 0.15) is 11.3 Å². The van der Waals surface area contributed by atoms with E-state index < -0.39 is 30.1 Å². The van der Waals surface area contributed by atoms with Gasteiger partial charge in [0.1, 0.15) is 19.1 Å². The van der Waals surface area contributed by atoms with E-state index >= 15 is 0 Å². The van der Waals surface area contributed by atoms with Crippen LogP contribution < -0.4 is 16.0 Å². The van der Waals surface area contributed by atoms with Crippen LogP contribution in [0.25, 0.3) is 0 Å². The molecular formula is C19H20F3N5O4. The largest absolute Gasteiger partial charge is 0.488 e. The fourth-order valence-electron chi connectivity index (χ4n) is 2.76. The molecule has 3 aromatic rings. The predicted molar refractivity (Wildman–Crippen MR) is 103 cm³/mol. The van der Waals surface area contributed by atoms with Crippen LogP contribution in [0.5, 0.6) is 5.75 Å². The van der Waals surface area contributed by atoms with Gasteiger partial charge in [-0.2, -0.15) is 4.39 Å². The lowest BCUT2D eigenvalue weighted by molar-refractivity contribution is 0.0742. The van der Waals surface area contributed by atoms with Gasteiger partial charge in [-0.3, -0.25) is 14.3 Å². The van der Waals surface area contributed by atoms with E-state index in [-0.39, 0.29) is 13.3 Å². The van der Waals surface area contributed by atoms with Crippen LogP contribution in [0.15, 0.2) is 46.2 Å². The Hall–Kier alpha value is -3.41. The number of aromatic amines is 1. The Balaban J connectivity index is 1.49. The summed E-state index contributed by atoms with van der Waals surface area (Å²) in [5, 5.41) is 7.90. The predicted octanol–water partition coefficient (Wildman–Crippen LogP) is 1.37. The van der Waals surface area contributed by atoms with Gasteiger partial charge in [0.25, 0.3) is 12.0 Å². The highest BCUT2D eigenvalue weighted by Gasteiger charge is 2.08. The highest BCUT2D eigenvalue weighted by Crippen LogP contribution is 2.15. The van der Waals surface area contributed by atoms with Gasteiger partial charge in [0, 0.05) is 13.0 Å². The Bertz CT molecular complexity index is 1110. The first-order chi connectivity index (χ1) is 14.9.